The number of rotatable bonds is 7. The fraction of sp³-hybridized carbons (Fsp3) is 0.375. The first-order chi connectivity index (χ1) is 12.6. The van der Waals surface area contributed by atoms with Crippen molar-refractivity contribution in [2.45, 2.75) is 37.1 Å². The van der Waals surface area contributed by atoms with Crippen LogP contribution >= 0.6 is 0 Å². The van der Waals surface area contributed by atoms with Gasteiger partial charge in [0.2, 0.25) is 5.91 Å². The zero-order chi connectivity index (χ0) is 20.4. The highest BCUT2D eigenvalue weighted by Crippen LogP contribution is 2.29. The molecule has 0 aliphatic carbocycles. The van der Waals surface area contributed by atoms with Gasteiger partial charge in [-0.3, -0.25) is 9.59 Å². The molecule has 11 heteroatoms. The fourth-order valence-electron chi connectivity index (χ4n) is 2.74. The number of carbonyl (C=O) groups is 3. The fourth-order valence-corrected chi connectivity index (χ4v) is 3.33. The largest absolute Gasteiger partial charge is 0.480 e. The van der Waals surface area contributed by atoms with Gasteiger partial charge in [-0.15, -0.1) is 0 Å². The van der Waals surface area contributed by atoms with Gasteiger partial charge in [0.1, 0.15) is 10.6 Å². The molecule has 2 amide bonds. The van der Waals surface area contributed by atoms with Gasteiger partial charge in [-0.25, -0.2) is 23.0 Å². The van der Waals surface area contributed by atoms with E-state index in [-0.39, 0.29) is 12.0 Å². The Hall–Kier alpha value is -2.82. The van der Waals surface area contributed by atoms with Crippen LogP contribution in [0.4, 0.5) is 4.39 Å². The summed E-state index contributed by atoms with van der Waals surface area (Å²) in [5.74, 6) is -3.27. The molecule has 2 rings (SSSR count). The molecule has 1 aliphatic rings. The van der Waals surface area contributed by atoms with E-state index in [0.29, 0.717) is 0 Å². The van der Waals surface area contributed by atoms with Crippen LogP contribution in [-0.4, -0.2) is 59.3 Å². The quantitative estimate of drug-likeness (QED) is 0.256. The number of amides is 2. The van der Waals surface area contributed by atoms with E-state index < -0.39 is 51.1 Å². The standard InChI is InChI=1S/C16H18FN3O6S/c1-9-7-12(21)20(9)13(15(23)24)16(2,27(25)26)8-18-19-14(22)10-3-5-11(17)6-4-10/h3-6,8-9,13,27H,7H2,1-2H3,(H,19,22)(H,23,24)/b18-8+/t9-,13+,16+/m1/s1. The van der Waals surface area contributed by atoms with Crippen molar-refractivity contribution in [2.24, 2.45) is 5.10 Å². The van der Waals surface area contributed by atoms with Crippen LogP contribution in [0, 0.1) is 5.82 Å². The monoisotopic (exact) mass is 399 g/mol. The summed E-state index contributed by atoms with van der Waals surface area (Å²) in [7, 11) is -3.37. The van der Waals surface area contributed by atoms with Gasteiger partial charge in [0, 0.05) is 24.2 Å². The molecule has 1 heterocycles. The first kappa shape index (κ1) is 20.5. The number of carbonyl (C=O) groups excluding carboxylic acids is 2. The Morgan fingerprint density at radius 1 is 1.41 bits per heavy atom. The summed E-state index contributed by atoms with van der Waals surface area (Å²) < 4.78 is 34.4. The number of nitrogens with zero attached hydrogens (tertiary/aromatic N) is 2. The molecule has 0 radical (unpaired) electrons. The van der Waals surface area contributed by atoms with E-state index in [4.69, 9.17) is 0 Å². The van der Waals surface area contributed by atoms with Gasteiger partial charge in [0.05, 0.1) is 0 Å². The Morgan fingerprint density at radius 3 is 2.44 bits per heavy atom. The maximum atomic E-state index is 12.9. The molecule has 1 aromatic carbocycles. The molecule has 146 valence electrons. The van der Waals surface area contributed by atoms with Crippen molar-refractivity contribution in [2.75, 3.05) is 0 Å². The molecule has 0 aromatic heterocycles. The lowest BCUT2D eigenvalue weighted by Gasteiger charge is -2.45. The van der Waals surface area contributed by atoms with E-state index in [1.165, 1.54) is 12.1 Å². The van der Waals surface area contributed by atoms with Crippen LogP contribution in [0.2, 0.25) is 0 Å². The Labute approximate surface area is 155 Å². The van der Waals surface area contributed by atoms with E-state index in [2.05, 4.69) is 10.5 Å². The molecule has 2 N–H and O–H groups in total. The summed E-state index contributed by atoms with van der Waals surface area (Å²) in [6, 6.07) is 2.40. The van der Waals surface area contributed by atoms with Crippen LogP contribution < -0.4 is 5.43 Å². The number of carboxylic acid groups (broad SMARTS) is 1. The predicted octanol–water partition coefficient (Wildman–Crippen LogP) is -0.0146. The van der Waals surface area contributed by atoms with E-state index in [9.17, 15) is 32.3 Å². The Bertz CT molecular complexity index is 861. The molecule has 0 bridgehead atoms. The van der Waals surface area contributed by atoms with Crippen molar-refractivity contribution in [3.63, 3.8) is 0 Å². The molecule has 0 unspecified atom stereocenters. The molecule has 27 heavy (non-hydrogen) atoms. The summed E-state index contributed by atoms with van der Waals surface area (Å²) in [6.07, 6.45) is 0.894. The van der Waals surface area contributed by atoms with Gasteiger partial charge in [0.15, 0.2) is 16.7 Å². The number of hydrazone groups is 1. The van der Waals surface area contributed by atoms with Crippen molar-refractivity contribution >= 4 is 34.7 Å². The van der Waals surface area contributed by atoms with Crippen LogP contribution in [0.1, 0.15) is 30.6 Å². The van der Waals surface area contributed by atoms with Crippen molar-refractivity contribution in [3.05, 3.63) is 35.6 Å². The maximum Gasteiger partial charge on any atom is 0.328 e. The number of hydrogen-bond acceptors (Lipinski definition) is 6. The van der Waals surface area contributed by atoms with Crippen LogP contribution in [0.15, 0.2) is 29.4 Å². The predicted molar refractivity (Wildman–Crippen MR) is 93.4 cm³/mol. The van der Waals surface area contributed by atoms with Gasteiger partial charge < -0.3 is 10.0 Å². The minimum Gasteiger partial charge on any atom is -0.480 e. The molecule has 1 aromatic rings. The number of thiol groups is 1. The highest BCUT2D eigenvalue weighted by Gasteiger charge is 2.52. The lowest BCUT2D eigenvalue weighted by atomic mass is 9.92. The first-order valence-electron chi connectivity index (χ1n) is 7.86. The summed E-state index contributed by atoms with van der Waals surface area (Å²) >= 11 is 0. The first-order valence-corrected chi connectivity index (χ1v) is 9.04. The zero-order valence-corrected chi connectivity index (χ0v) is 15.4. The summed E-state index contributed by atoms with van der Waals surface area (Å²) in [6.45, 7) is 2.70. The lowest BCUT2D eigenvalue weighted by molar-refractivity contribution is -0.161. The molecular formula is C16H18FN3O6S. The number of β-lactam (4-membered cyclic amide) rings is 1. The van der Waals surface area contributed by atoms with Crippen LogP contribution in [0.3, 0.4) is 0 Å². The number of halogens is 1. The van der Waals surface area contributed by atoms with Crippen molar-refractivity contribution in [1.29, 1.82) is 0 Å². The van der Waals surface area contributed by atoms with Gasteiger partial charge in [-0.2, -0.15) is 5.10 Å². The second-order valence-corrected chi connectivity index (χ2v) is 7.76. The van der Waals surface area contributed by atoms with E-state index in [0.717, 1.165) is 30.2 Å². The third-order valence-corrected chi connectivity index (χ3v) is 5.44. The van der Waals surface area contributed by atoms with Gasteiger partial charge in [-0.05, 0) is 38.1 Å². The summed E-state index contributed by atoms with van der Waals surface area (Å²) in [5.41, 5.74) is 2.14. The minimum atomic E-state index is -3.37. The second kappa shape index (κ2) is 7.82. The molecule has 1 fully saturated rings. The van der Waals surface area contributed by atoms with E-state index >= 15 is 0 Å². The number of nitrogens with one attached hydrogen (secondary N) is 1. The van der Waals surface area contributed by atoms with Gasteiger partial charge >= 0.3 is 5.97 Å². The number of hydrogen-bond donors (Lipinski definition) is 3. The Morgan fingerprint density at radius 2 is 2.00 bits per heavy atom. The van der Waals surface area contributed by atoms with Crippen molar-refractivity contribution < 1.29 is 32.3 Å². The molecule has 9 nitrogen and oxygen atoms in total. The van der Waals surface area contributed by atoms with Crippen LogP contribution in [0.5, 0.6) is 0 Å². The average molecular weight is 399 g/mol. The molecule has 1 saturated heterocycles. The molecule has 0 saturated carbocycles. The summed E-state index contributed by atoms with van der Waals surface area (Å²) in [5, 5.41) is 13.0. The van der Waals surface area contributed by atoms with Crippen LogP contribution in [-0.2, 0) is 20.3 Å². The minimum absolute atomic E-state index is 0.0723. The highest BCUT2D eigenvalue weighted by atomic mass is 32.2. The molecular weight excluding hydrogens is 381 g/mol. The van der Waals surface area contributed by atoms with Gasteiger partial charge in [-0.1, -0.05) is 0 Å². The lowest BCUT2D eigenvalue weighted by Crippen LogP contribution is -2.66. The Kier molecular flexibility index (Phi) is 5.94. The molecule has 1 aliphatic heterocycles. The number of benzene rings is 1. The number of aliphatic carboxylic acids is 1. The number of carboxylic acids is 1. The smallest absolute Gasteiger partial charge is 0.328 e. The number of likely N-dealkylation sites (tertiary alicyclic amines) is 1. The van der Waals surface area contributed by atoms with Crippen LogP contribution in [0.25, 0.3) is 0 Å². The topological polar surface area (TPSA) is 133 Å². The second-order valence-electron chi connectivity index (χ2n) is 6.28. The van der Waals surface area contributed by atoms with Crippen molar-refractivity contribution in [1.82, 2.24) is 10.3 Å². The highest BCUT2D eigenvalue weighted by molar-refractivity contribution is 7.75. The zero-order valence-electron chi connectivity index (χ0n) is 14.5. The SMILES string of the molecule is C[C@@H]1CC(=O)N1[C@@H](C(=O)O)[C@](C)(/C=N/NC(=O)c1ccc(F)cc1)[SH](=O)=O. The molecule has 3 atom stereocenters. The Balaban J connectivity index is 2.25. The summed E-state index contributed by atoms with van der Waals surface area (Å²) in [4.78, 5) is 36.4. The van der Waals surface area contributed by atoms with Gasteiger partial charge in [0.25, 0.3) is 5.91 Å². The third-order valence-electron chi connectivity index (χ3n) is 4.29. The maximum absolute atomic E-state index is 12.9. The third kappa shape index (κ3) is 4.13. The van der Waals surface area contributed by atoms with E-state index in [1.54, 1.807) is 6.92 Å². The normalized spacial score (nSPS) is 20.2. The molecule has 0 spiro atoms. The van der Waals surface area contributed by atoms with E-state index in [1.807, 2.05) is 0 Å². The average Bonchev–Trinajstić information content (AvgIpc) is 2.59. The van der Waals surface area contributed by atoms with Crippen molar-refractivity contribution in [3.8, 4) is 0 Å².